The molecule has 1 aliphatic carbocycles. The minimum Gasteiger partial charge on any atom is -0.506 e. The maximum absolute atomic E-state index is 12.5. The van der Waals surface area contributed by atoms with E-state index in [0.29, 0.717) is 16.6 Å². The molecule has 0 aliphatic heterocycles. The number of pyridine rings is 1. The van der Waals surface area contributed by atoms with E-state index in [4.69, 9.17) is 0 Å². The van der Waals surface area contributed by atoms with Gasteiger partial charge in [-0.05, 0) is 11.1 Å². The second-order valence-electron chi connectivity index (χ2n) is 4.59. The highest BCUT2D eigenvalue weighted by molar-refractivity contribution is 6.25. The maximum Gasteiger partial charge on any atom is 0.212 e. The zero-order valence-electron chi connectivity index (χ0n) is 9.92. The van der Waals surface area contributed by atoms with Gasteiger partial charge >= 0.3 is 0 Å². The molecule has 3 nitrogen and oxygen atoms in total. The fourth-order valence-corrected chi connectivity index (χ4v) is 2.72. The molecule has 1 aromatic heterocycles. The Bertz CT molecular complexity index is 852. The highest BCUT2D eigenvalue weighted by atomic mass is 16.3. The molecule has 0 bridgehead atoms. The molecule has 4 rings (SSSR count). The predicted octanol–water partition coefficient (Wildman–Crippen LogP) is 3.15. The van der Waals surface area contributed by atoms with Crippen molar-refractivity contribution in [1.29, 1.82) is 0 Å². The number of carbonyl (C=O) groups excluding carboxylic acids is 1. The van der Waals surface area contributed by atoms with Gasteiger partial charge in [0, 0.05) is 16.3 Å². The molecule has 1 aliphatic rings. The highest BCUT2D eigenvalue weighted by Gasteiger charge is 2.26. The van der Waals surface area contributed by atoms with Crippen LogP contribution in [-0.2, 0) is 0 Å². The van der Waals surface area contributed by atoms with Crippen molar-refractivity contribution in [3.8, 4) is 16.9 Å². The molecule has 0 radical (unpaired) electrons. The van der Waals surface area contributed by atoms with Gasteiger partial charge in [0.15, 0.2) is 0 Å². The van der Waals surface area contributed by atoms with Crippen molar-refractivity contribution in [1.82, 2.24) is 4.98 Å². The summed E-state index contributed by atoms with van der Waals surface area (Å²) in [5.74, 6) is 0.0204. The molecule has 1 heterocycles. The summed E-state index contributed by atoms with van der Waals surface area (Å²) in [4.78, 5) is 16.6. The van der Waals surface area contributed by atoms with Gasteiger partial charge in [-0.3, -0.25) is 4.79 Å². The summed E-state index contributed by atoms with van der Waals surface area (Å²) in [7, 11) is 0. The van der Waals surface area contributed by atoms with E-state index in [1.807, 2.05) is 36.4 Å². The van der Waals surface area contributed by atoms with Gasteiger partial charge in [-0.2, -0.15) is 0 Å². The molecule has 3 heteroatoms. The molecule has 2 aromatic carbocycles. The Morgan fingerprint density at radius 3 is 2.47 bits per heavy atom. The molecular formula is C16H9NO2. The third kappa shape index (κ3) is 1.21. The molecule has 0 fully saturated rings. The van der Waals surface area contributed by atoms with Gasteiger partial charge in [0.05, 0.1) is 6.20 Å². The summed E-state index contributed by atoms with van der Waals surface area (Å²) in [6.45, 7) is 0. The number of nitrogens with zero attached hydrogens (tertiary/aromatic N) is 1. The summed E-state index contributed by atoms with van der Waals surface area (Å²) in [5.41, 5.74) is 2.94. The number of carbonyl (C=O) groups is 1. The van der Waals surface area contributed by atoms with Gasteiger partial charge in [0.1, 0.15) is 11.4 Å². The summed E-state index contributed by atoms with van der Waals surface area (Å²) in [6.07, 6.45) is 1.34. The smallest absolute Gasteiger partial charge is 0.212 e. The Kier molecular flexibility index (Phi) is 1.85. The van der Waals surface area contributed by atoms with Gasteiger partial charge in [0.2, 0.25) is 5.78 Å². The first kappa shape index (κ1) is 10.3. The molecule has 0 unspecified atom stereocenters. The van der Waals surface area contributed by atoms with Crippen LogP contribution in [0.15, 0.2) is 48.7 Å². The van der Waals surface area contributed by atoms with Crippen molar-refractivity contribution in [3.05, 3.63) is 59.9 Å². The van der Waals surface area contributed by atoms with Crippen molar-refractivity contribution >= 4 is 16.6 Å². The summed E-state index contributed by atoms with van der Waals surface area (Å²) < 4.78 is 0. The van der Waals surface area contributed by atoms with Crippen molar-refractivity contribution in [3.63, 3.8) is 0 Å². The van der Waals surface area contributed by atoms with Crippen LogP contribution in [0.4, 0.5) is 0 Å². The zero-order valence-corrected chi connectivity index (χ0v) is 9.92. The Morgan fingerprint density at radius 2 is 1.63 bits per heavy atom. The topological polar surface area (TPSA) is 50.2 Å². The van der Waals surface area contributed by atoms with E-state index in [2.05, 4.69) is 4.98 Å². The first-order valence-electron chi connectivity index (χ1n) is 6.02. The second kappa shape index (κ2) is 3.42. The Labute approximate surface area is 109 Å². The SMILES string of the molecule is O=C1c2ccccc2-c2cccc3c(O)cnc1c23. The first-order valence-corrected chi connectivity index (χ1v) is 6.02. The second-order valence-corrected chi connectivity index (χ2v) is 4.59. The number of hydrogen-bond acceptors (Lipinski definition) is 3. The Hall–Kier alpha value is -2.68. The van der Waals surface area contributed by atoms with Crippen LogP contribution in [0.1, 0.15) is 16.1 Å². The molecule has 0 saturated carbocycles. The minimum absolute atomic E-state index is 0.0840. The Balaban J connectivity index is 2.28. The summed E-state index contributed by atoms with van der Waals surface area (Å²) in [5, 5.41) is 11.3. The van der Waals surface area contributed by atoms with E-state index in [0.717, 1.165) is 16.5 Å². The van der Waals surface area contributed by atoms with Crippen LogP contribution in [0.3, 0.4) is 0 Å². The lowest BCUT2D eigenvalue weighted by molar-refractivity contribution is 0.103. The molecule has 90 valence electrons. The third-order valence-electron chi connectivity index (χ3n) is 3.57. The van der Waals surface area contributed by atoms with Crippen LogP contribution in [0.25, 0.3) is 21.9 Å². The van der Waals surface area contributed by atoms with Gasteiger partial charge in [0.25, 0.3) is 0 Å². The lowest BCUT2D eigenvalue weighted by Gasteiger charge is -2.19. The van der Waals surface area contributed by atoms with E-state index in [9.17, 15) is 9.90 Å². The predicted molar refractivity (Wildman–Crippen MR) is 72.3 cm³/mol. The number of rotatable bonds is 0. The normalized spacial score (nSPS) is 12.5. The summed E-state index contributed by atoms with van der Waals surface area (Å²) >= 11 is 0. The van der Waals surface area contributed by atoms with Crippen molar-refractivity contribution in [2.24, 2.45) is 0 Å². The fraction of sp³-hybridized carbons (Fsp3) is 0. The van der Waals surface area contributed by atoms with Crippen molar-refractivity contribution in [2.45, 2.75) is 0 Å². The first-order chi connectivity index (χ1) is 9.27. The van der Waals surface area contributed by atoms with Crippen LogP contribution < -0.4 is 0 Å². The fourth-order valence-electron chi connectivity index (χ4n) is 2.72. The van der Waals surface area contributed by atoms with Gasteiger partial charge in [-0.15, -0.1) is 0 Å². The maximum atomic E-state index is 12.5. The monoisotopic (exact) mass is 247 g/mol. The molecule has 0 spiro atoms. The quantitative estimate of drug-likeness (QED) is 0.519. The largest absolute Gasteiger partial charge is 0.506 e. The van der Waals surface area contributed by atoms with Crippen LogP contribution >= 0.6 is 0 Å². The highest BCUT2D eigenvalue weighted by Crippen LogP contribution is 2.40. The van der Waals surface area contributed by atoms with Gasteiger partial charge in [-0.1, -0.05) is 42.5 Å². The standard InChI is InChI=1S/C16H9NO2/c18-13-8-17-15-14-10(6-3-7-12(13)14)9-4-1-2-5-11(9)16(15)19/h1-8,18H. The average Bonchev–Trinajstić information content (AvgIpc) is 2.46. The molecule has 19 heavy (non-hydrogen) atoms. The van der Waals surface area contributed by atoms with E-state index in [-0.39, 0.29) is 11.5 Å². The number of aromatic nitrogens is 1. The van der Waals surface area contributed by atoms with E-state index >= 15 is 0 Å². The Morgan fingerprint density at radius 1 is 0.895 bits per heavy atom. The van der Waals surface area contributed by atoms with Gasteiger partial charge in [-0.25, -0.2) is 4.98 Å². The summed E-state index contributed by atoms with van der Waals surface area (Å²) in [6, 6.07) is 13.1. The molecule has 0 atom stereocenters. The van der Waals surface area contributed by atoms with E-state index in [1.165, 1.54) is 6.20 Å². The van der Waals surface area contributed by atoms with Crippen molar-refractivity contribution < 1.29 is 9.90 Å². The van der Waals surface area contributed by atoms with Crippen LogP contribution in [0.2, 0.25) is 0 Å². The molecule has 1 N–H and O–H groups in total. The van der Waals surface area contributed by atoms with Crippen LogP contribution in [0.5, 0.6) is 5.75 Å². The number of aromatic hydroxyl groups is 1. The lowest BCUT2D eigenvalue weighted by atomic mass is 9.85. The number of hydrogen-bond donors (Lipinski definition) is 1. The van der Waals surface area contributed by atoms with Crippen LogP contribution in [0, 0.1) is 0 Å². The molecule has 0 amide bonds. The average molecular weight is 247 g/mol. The van der Waals surface area contributed by atoms with Crippen LogP contribution in [-0.4, -0.2) is 15.9 Å². The third-order valence-corrected chi connectivity index (χ3v) is 3.57. The lowest BCUT2D eigenvalue weighted by Crippen LogP contribution is -2.11. The number of ketones is 1. The zero-order chi connectivity index (χ0) is 13.0. The molecular weight excluding hydrogens is 238 g/mol. The van der Waals surface area contributed by atoms with Crippen molar-refractivity contribution in [2.75, 3.05) is 0 Å². The molecule has 3 aromatic rings. The number of benzene rings is 2. The minimum atomic E-state index is -0.0840. The van der Waals surface area contributed by atoms with E-state index in [1.54, 1.807) is 6.07 Å². The van der Waals surface area contributed by atoms with Gasteiger partial charge < -0.3 is 5.11 Å². The van der Waals surface area contributed by atoms with E-state index < -0.39 is 0 Å². The number of fused-ring (bicyclic) bond motifs is 2. The molecule has 0 saturated heterocycles.